The van der Waals surface area contributed by atoms with Gasteiger partial charge < -0.3 is 0 Å². The lowest BCUT2D eigenvalue weighted by molar-refractivity contribution is -0.117. The largest absolute Gasteiger partial charge is 0.288 e. The maximum Gasteiger partial charge on any atom is 0.233 e. The Morgan fingerprint density at radius 1 is 1.30 bits per heavy atom. The Labute approximate surface area is 142 Å². The van der Waals surface area contributed by atoms with Crippen molar-refractivity contribution in [1.29, 1.82) is 0 Å². The number of likely N-dealkylation sites (N-methyl/N-ethyl adjacent to an activating group) is 1. The summed E-state index contributed by atoms with van der Waals surface area (Å²) in [5.74, 6) is -0.448. The third kappa shape index (κ3) is 3.51. The Bertz CT molecular complexity index is 865. The number of halogens is 2. The first-order valence-electron chi connectivity index (χ1n) is 7.17. The van der Waals surface area contributed by atoms with Gasteiger partial charge in [-0.25, -0.2) is 9.37 Å². The van der Waals surface area contributed by atoms with Crippen LogP contribution in [0.2, 0.25) is 5.02 Å². The number of anilines is 1. The van der Waals surface area contributed by atoms with E-state index in [1.54, 1.807) is 29.2 Å². The van der Waals surface area contributed by atoms with Gasteiger partial charge >= 0.3 is 0 Å². The monoisotopic (exact) mass is 348 g/mol. The molecular formula is C17H14ClFN2OS. The fraction of sp³-hybridized carbons (Fsp3) is 0.176. The Hall–Kier alpha value is -1.98. The van der Waals surface area contributed by atoms with E-state index in [2.05, 4.69) is 4.98 Å². The van der Waals surface area contributed by atoms with E-state index in [0.29, 0.717) is 22.3 Å². The number of carbonyl (C=O) groups excluding carboxylic acids is 1. The molecule has 6 heteroatoms. The number of amides is 1. The fourth-order valence-corrected chi connectivity index (χ4v) is 3.53. The quantitative estimate of drug-likeness (QED) is 0.685. The van der Waals surface area contributed by atoms with Crippen LogP contribution in [0.25, 0.3) is 10.2 Å². The zero-order valence-electron chi connectivity index (χ0n) is 12.4. The van der Waals surface area contributed by atoms with Gasteiger partial charge in [0.05, 0.1) is 16.6 Å². The van der Waals surface area contributed by atoms with Crippen molar-refractivity contribution < 1.29 is 9.18 Å². The van der Waals surface area contributed by atoms with Crippen LogP contribution in [0.1, 0.15) is 12.5 Å². The highest BCUT2D eigenvalue weighted by atomic mass is 35.5. The summed E-state index contributed by atoms with van der Waals surface area (Å²) in [4.78, 5) is 18.6. The normalized spacial score (nSPS) is 10.9. The van der Waals surface area contributed by atoms with Gasteiger partial charge in [0.25, 0.3) is 0 Å². The summed E-state index contributed by atoms with van der Waals surface area (Å²) in [5.41, 5.74) is 1.42. The van der Waals surface area contributed by atoms with Crippen molar-refractivity contribution in [3.05, 3.63) is 58.9 Å². The van der Waals surface area contributed by atoms with Crippen LogP contribution in [0.15, 0.2) is 42.5 Å². The number of carbonyl (C=O) groups is 1. The van der Waals surface area contributed by atoms with Gasteiger partial charge in [0, 0.05) is 11.6 Å². The summed E-state index contributed by atoms with van der Waals surface area (Å²) >= 11 is 7.42. The highest BCUT2D eigenvalue weighted by Gasteiger charge is 2.18. The molecule has 0 fully saturated rings. The molecule has 2 aromatic carbocycles. The summed E-state index contributed by atoms with van der Waals surface area (Å²) in [6.07, 6.45) is 0.141. The van der Waals surface area contributed by atoms with E-state index in [0.717, 1.165) is 10.2 Å². The lowest BCUT2D eigenvalue weighted by Gasteiger charge is -2.17. The van der Waals surface area contributed by atoms with Crippen LogP contribution in [-0.2, 0) is 11.2 Å². The molecule has 0 saturated carbocycles. The maximum absolute atomic E-state index is 13.3. The summed E-state index contributed by atoms with van der Waals surface area (Å²) in [6, 6.07) is 11.6. The van der Waals surface area contributed by atoms with E-state index < -0.39 is 0 Å². The van der Waals surface area contributed by atoms with Crippen LogP contribution in [0.5, 0.6) is 0 Å². The van der Waals surface area contributed by atoms with Crippen LogP contribution in [-0.4, -0.2) is 17.4 Å². The van der Waals surface area contributed by atoms with Crippen molar-refractivity contribution in [3.63, 3.8) is 0 Å². The number of fused-ring (bicyclic) bond motifs is 1. The van der Waals surface area contributed by atoms with Crippen LogP contribution >= 0.6 is 22.9 Å². The molecule has 1 amide bonds. The third-order valence-corrected chi connectivity index (χ3v) is 4.73. The lowest BCUT2D eigenvalue weighted by Crippen LogP contribution is -2.31. The van der Waals surface area contributed by atoms with E-state index in [-0.39, 0.29) is 18.1 Å². The van der Waals surface area contributed by atoms with Crippen molar-refractivity contribution in [2.24, 2.45) is 0 Å². The van der Waals surface area contributed by atoms with Gasteiger partial charge in [-0.15, -0.1) is 0 Å². The number of hydrogen-bond donors (Lipinski definition) is 0. The van der Waals surface area contributed by atoms with Crippen molar-refractivity contribution in [3.8, 4) is 0 Å². The molecule has 0 saturated heterocycles. The molecule has 0 spiro atoms. The van der Waals surface area contributed by atoms with E-state index in [1.807, 2.05) is 13.0 Å². The number of thiazole rings is 1. The standard InChI is InChI=1S/C17H14ClFN2OS/c1-2-21(16(22)9-11-4-3-5-13(19)8-11)17-20-14-10-12(18)6-7-15(14)23-17/h3-8,10H,2,9H2,1H3. The molecule has 3 rings (SSSR count). The topological polar surface area (TPSA) is 33.2 Å². The molecule has 118 valence electrons. The summed E-state index contributed by atoms with van der Waals surface area (Å²) in [7, 11) is 0. The number of rotatable bonds is 4. The zero-order chi connectivity index (χ0) is 16.4. The Kier molecular flexibility index (Phi) is 4.59. The second-order valence-electron chi connectivity index (χ2n) is 5.05. The van der Waals surface area contributed by atoms with Crippen LogP contribution in [0.3, 0.4) is 0 Å². The van der Waals surface area contributed by atoms with Gasteiger partial charge in [0.2, 0.25) is 5.91 Å². The lowest BCUT2D eigenvalue weighted by atomic mass is 10.1. The molecule has 0 aliphatic rings. The molecule has 23 heavy (non-hydrogen) atoms. The van der Waals surface area contributed by atoms with E-state index in [4.69, 9.17) is 11.6 Å². The van der Waals surface area contributed by atoms with Gasteiger partial charge in [-0.05, 0) is 42.8 Å². The SMILES string of the molecule is CCN(C(=O)Cc1cccc(F)c1)c1nc2cc(Cl)ccc2s1. The second kappa shape index (κ2) is 6.64. The minimum atomic E-state index is -0.340. The van der Waals surface area contributed by atoms with Gasteiger partial charge in [-0.3, -0.25) is 9.69 Å². The van der Waals surface area contributed by atoms with Gasteiger partial charge in [0.15, 0.2) is 5.13 Å². The van der Waals surface area contributed by atoms with Crippen molar-refractivity contribution in [2.75, 3.05) is 11.4 Å². The third-order valence-electron chi connectivity index (χ3n) is 3.43. The minimum absolute atomic E-state index is 0.108. The van der Waals surface area contributed by atoms with Gasteiger partial charge in [-0.1, -0.05) is 35.1 Å². The van der Waals surface area contributed by atoms with Crippen molar-refractivity contribution in [1.82, 2.24) is 4.98 Å². The van der Waals surface area contributed by atoms with Gasteiger partial charge in [0.1, 0.15) is 5.82 Å². The van der Waals surface area contributed by atoms with E-state index in [9.17, 15) is 9.18 Å². The number of hydrogen-bond acceptors (Lipinski definition) is 3. The molecule has 3 nitrogen and oxygen atoms in total. The van der Waals surface area contributed by atoms with Crippen LogP contribution < -0.4 is 4.90 Å². The summed E-state index contributed by atoms with van der Waals surface area (Å²) < 4.78 is 14.2. The zero-order valence-corrected chi connectivity index (χ0v) is 14.0. The highest BCUT2D eigenvalue weighted by molar-refractivity contribution is 7.22. The molecule has 0 atom stereocenters. The maximum atomic E-state index is 13.3. The first-order valence-corrected chi connectivity index (χ1v) is 8.37. The molecule has 0 unspecified atom stereocenters. The molecule has 3 aromatic rings. The van der Waals surface area contributed by atoms with E-state index in [1.165, 1.54) is 23.5 Å². The van der Waals surface area contributed by atoms with Crippen LogP contribution in [0, 0.1) is 5.82 Å². The molecule has 0 radical (unpaired) electrons. The molecule has 1 heterocycles. The Balaban J connectivity index is 1.86. The molecule has 0 aliphatic carbocycles. The average molecular weight is 349 g/mol. The Morgan fingerprint density at radius 3 is 2.87 bits per heavy atom. The number of aromatic nitrogens is 1. The number of nitrogens with zero attached hydrogens (tertiary/aromatic N) is 2. The predicted octanol–water partition coefficient (Wildman–Crippen LogP) is 4.68. The number of benzene rings is 2. The Morgan fingerprint density at radius 2 is 2.13 bits per heavy atom. The fourth-order valence-electron chi connectivity index (χ4n) is 2.34. The van der Waals surface area contributed by atoms with Crippen molar-refractivity contribution >= 4 is 44.2 Å². The average Bonchev–Trinajstić information content (AvgIpc) is 2.90. The predicted molar refractivity (Wildman–Crippen MR) is 92.8 cm³/mol. The van der Waals surface area contributed by atoms with Gasteiger partial charge in [-0.2, -0.15) is 0 Å². The summed E-state index contributed by atoms with van der Waals surface area (Å²) in [5, 5.41) is 1.25. The molecule has 0 N–H and O–H groups in total. The summed E-state index contributed by atoms with van der Waals surface area (Å²) in [6.45, 7) is 2.39. The molecule has 1 aromatic heterocycles. The van der Waals surface area contributed by atoms with Crippen LogP contribution in [0.4, 0.5) is 9.52 Å². The van der Waals surface area contributed by atoms with Crippen molar-refractivity contribution in [2.45, 2.75) is 13.3 Å². The second-order valence-corrected chi connectivity index (χ2v) is 6.50. The molecule has 0 bridgehead atoms. The molecular weight excluding hydrogens is 335 g/mol. The van der Waals surface area contributed by atoms with E-state index >= 15 is 0 Å². The smallest absolute Gasteiger partial charge is 0.233 e. The highest BCUT2D eigenvalue weighted by Crippen LogP contribution is 2.30. The minimum Gasteiger partial charge on any atom is -0.288 e. The first kappa shape index (κ1) is 15.9. The first-order chi connectivity index (χ1) is 11.1. The molecule has 0 aliphatic heterocycles.